The van der Waals surface area contributed by atoms with E-state index in [1.54, 1.807) is 22.8 Å². The fraction of sp³-hybridized carbons (Fsp3) is 0.650. The van der Waals surface area contributed by atoms with Crippen LogP contribution in [0.25, 0.3) is 10.2 Å². The second-order valence-electron chi connectivity index (χ2n) is 7.76. The number of esters is 1. The molecule has 1 aliphatic heterocycles. The van der Waals surface area contributed by atoms with Gasteiger partial charge in [0, 0.05) is 11.5 Å². The van der Waals surface area contributed by atoms with Gasteiger partial charge in [-0.2, -0.15) is 0 Å². The molecule has 6 nitrogen and oxygen atoms in total. The van der Waals surface area contributed by atoms with E-state index in [0.29, 0.717) is 17.6 Å². The van der Waals surface area contributed by atoms with E-state index in [1.165, 1.54) is 29.3 Å². The van der Waals surface area contributed by atoms with E-state index in [-0.39, 0.29) is 17.6 Å². The van der Waals surface area contributed by atoms with E-state index < -0.39 is 5.25 Å². The number of hydrogen-bond acceptors (Lipinski definition) is 7. The summed E-state index contributed by atoms with van der Waals surface area (Å²) in [5.74, 6) is 0.324. The van der Waals surface area contributed by atoms with Crippen LogP contribution in [0.15, 0.2) is 9.95 Å². The molecule has 8 heteroatoms. The maximum Gasteiger partial charge on any atom is 0.318 e. The van der Waals surface area contributed by atoms with Crippen molar-refractivity contribution in [2.75, 3.05) is 13.7 Å². The van der Waals surface area contributed by atoms with Gasteiger partial charge in [-0.25, -0.2) is 4.98 Å². The third-order valence-electron chi connectivity index (χ3n) is 5.61. The molecule has 1 aliphatic carbocycles. The standard InChI is InChI=1S/C20H26N2O4S2/c1-11-6-7-14-15(9-11)28-17-16(14)18(23)22(10-13-5-4-8-26-13)20(21-17)27-12(2)19(24)25-3/h11-13H,4-10H2,1-3H3/t11-,12+,13+/m1/s1. The van der Waals surface area contributed by atoms with E-state index in [0.717, 1.165) is 48.9 Å². The Balaban J connectivity index is 1.80. The van der Waals surface area contributed by atoms with Gasteiger partial charge < -0.3 is 9.47 Å². The quantitative estimate of drug-likeness (QED) is 0.418. The molecule has 1 saturated heterocycles. The molecule has 3 atom stereocenters. The van der Waals surface area contributed by atoms with Crippen LogP contribution in [0.5, 0.6) is 0 Å². The largest absolute Gasteiger partial charge is 0.468 e. The molecule has 0 amide bonds. The molecule has 0 unspecified atom stereocenters. The predicted molar refractivity (Wildman–Crippen MR) is 111 cm³/mol. The Morgan fingerprint density at radius 1 is 1.46 bits per heavy atom. The first-order chi connectivity index (χ1) is 13.5. The van der Waals surface area contributed by atoms with Crippen LogP contribution in [0.4, 0.5) is 0 Å². The second kappa shape index (κ2) is 8.16. The molecule has 3 heterocycles. The Hall–Kier alpha value is -1.38. The van der Waals surface area contributed by atoms with Crippen molar-refractivity contribution in [1.82, 2.24) is 9.55 Å². The zero-order chi connectivity index (χ0) is 19.8. The van der Waals surface area contributed by atoms with Crippen molar-refractivity contribution < 1.29 is 14.3 Å². The zero-order valence-corrected chi connectivity index (χ0v) is 18.2. The number of ether oxygens (including phenoxy) is 2. The molecule has 0 saturated carbocycles. The minimum Gasteiger partial charge on any atom is -0.468 e. The number of carbonyl (C=O) groups is 1. The van der Waals surface area contributed by atoms with Crippen LogP contribution in [-0.2, 0) is 33.7 Å². The number of thioether (sulfide) groups is 1. The highest BCUT2D eigenvalue weighted by Crippen LogP contribution is 2.37. The van der Waals surface area contributed by atoms with E-state index in [9.17, 15) is 9.59 Å². The normalized spacial score (nSPS) is 23.0. The Morgan fingerprint density at radius 3 is 3.00 bits per heavy atom. The SMILES string of the molecule is COC(=O)[C@H](C)Sc1nc2sc3c(c2c(=O)n1C[C@@H]1CCCO1)CC[C@@H](C)C3. The third-order valence-corrected chi connectivity index (χ3v) is 7.82. The summed E-state index contributed by atoms with van der Waals surface area (Å²) in [7, 11) is 1.38. The van der Waals surface area contributed by atoms with Crippen LogP contribution in [0.2, 0.25) is 0 Å². The maximum absolute atomic E-state index is 13.5. The predicted octanol–water partition coefficient (Wildman–Crippen LogP) is 3.42. The Bertz CT molecular complexity index is 946. The number of fused-ring (bicyclic) bond motifs is 3. The minimum absolute atomic E-state index is 0.00659. The van der Waals surface area contributed by atoms with Crippen molar-refractivity contribution in [3.8, 4) is 0 Å². The molecule has 0 radical (unpaired) electrons. The number of hydrogen-bond donors (Lipinski definition) is 0. The van der Waals surface area contributed by atoms with Gasteiger partial charge in [-0.15, -0.1) is 11.3 Å². The van der Waals surface area contributed by atoms with Crippen LogP contribution >= 0.6 is 23.1 Å². The molecule has 4 rings (SSSR count). The lowest BCUT2D eigenvalue weighted by atomic mass is 9.89. The molecule has 2 aliphatic rings. The molecule has 1 fully saturated rings. The molecule has 0 aromatic carbocycles. The van der Waals surface area contributed by atoms with E-state index >= 15 is 0 Å². The minimum atomic E-state index is -0.431. The highest BCUT2D eigenvalue weighted by molar-refractivity contribution is 8.00. The van der Waals surface area contributed by atoms with Crippen LogP contribution in [0, 0.1) is 5.92 Å². The van der Waals surface area contributed by atoms with Crippen molar-refractivity contribution in [3.05, 3.63) is 20.8 Å². The number of carbonyl (C=O) groups excluding carboxylic acids is 1. The molecule has 2 aromatic heterocycles. The number of rotatable bonds is 5. The average molecular weight is 423 g/mol. The number of aromatic nitrogens is 2. The molecule has 28 heavy (non-hydrogen) atoms. The monoisotopic (exact) mass is 422 g/mol. The van der Waals surface area contributed by atoms with Crippen LogP contribution in [0.1, 0.15) is 43.6 Å². The molecular formula is C20H26N2O4S2. The van der Waals surface area contributed by atoms with Gasteiger partial charge in [-0.1, -0.05) is 18.7 Å². The van der Waals surface area contributed by atoms with Crippen molar-refractivity contribution in [1.29, 1.82) is 0 Å². The van der Waals surface area contributed by atoms with Gasteiger partial charge in [0.2, 0.25) is 0 Å². The summed E-state index contributed by atoms with van der Waals surface area (Å²) in [5.41, 5.74) is 1.20. The Kier molecular flexibility index (Phi) is 5.81. The molecule has 2 aromatic rings. The molecule has 0 spiro atoms. The lowest BCUT2D eigenvalue weighted by molar-refractivity contribution is -0.139. The van der Waals surface area contributed by atoms with Gasteiger partial charge in [0.1, 0.15) is 10.1 Å². The summed E-state index contributed by atoms with van der Waals surface area (Å²) in [5, 5.41) is 0.928. The van der Waals surface area contributed by atoms with E-state index in [2.05, 4.69) is 6.92 Å². The van der Waals surface area contributed by atoms with E-state index in [1.807, 2.05) is 0 Å². The van der Waals surface area contributed by atoms with Gasteiger partial charge in [-0.3, -0.25) is 14.2 Å². The fourth-order valence-corrected chi connectivity index (χ4v) is 6.39. The van der Waals surface area contributed by atoms with Crippen LogP contribution in [-0.4, -0.2) is 40.6 Å². The number of aryl methyl sites for hydroxylation is 1. The van der Waals surface area contributed by atoms with E-state index in [4.69, 9.17) is 14.5 Å². The van der Waals surface area contributed by atoms with Crippen molar-refractivity contribution in [2.45, 2.75) is 69.0 Å². The van der Waals surface area contributed by atoms with Crippen LogP contribution < -0.4 is 5.56 Å². The van der Waals surface area contributed by atoms with Crippen molar-refractivity contribution in [2.24, 2.45) is 5.92 Å². The lowest BCUT2D eigenvalue weighted by Crippen LogP contribution is -2.30. The smallest absolute Gasteiger partial charge is 0.318 e. The van der Waals surface area contributed by atoms with Crippen molar-refractivity contribution >= 4 is 39.3 Å². The summed E-state index contributed by atoms with van der Waals surface area (Å²) in [6.07, 6.45) is 5.06. The topological polar surface area (TPSA) is 70.4 Å². The first-order valence-corrected chi connectivity index (χ1v) is 11.6. The molecular weight excluding hydrogens is 396 g/mol. The zero-order valence-electron chi connectivity index (χ0n) is 16.5. The van der Waals surface area contributed by atoms with Crippen LogP contribution in [0.3, 0.4) is 0 Å². The highest BCUT2D eigenvalue weighted by Gasteiger charge is 2.27. The summed E-state index contributed by atoms with van der Waals surface area (Å²) in [6.45, 7) is 5.26. The summed E-state index contributed by atoms with van der Waals surface area (Å²) in [6, 6.07) is 0. The van der Waals surface area contributed by atoms with Gasteiger partial charge in [0.15, 0.2) is 5.16 Å². The average Bonchev–Trinajstić information content (AvgIpc) is 3.30. The first-order valence-electron chi connectivity index (χ1n) is 9.89. The highest BCUT2D eigenvalue weighted by atomic mass is 32.2. The second-order valence-corrected chi connectivity index (χ2v) is 10.2. The lowest BCUT2D eigenvalue weighted by Gasteiger charge is -2.19. The maximum atomic E-state index is 13.5. The third kappa shape index (κ3) is 3.74. The van der Waals surface area contributed by atoms with Gasteiger partial charge >= 0.3 is 5.97 Å². The number of nitrogens with zero attached hydrogens (tertiary/aromatic N) is 2. The molecule has 0 bridgehead atoms. The summed E-state index contributed by atoms with van der Waals surface area (Å²) in [4.78, 5) is 32.4. The molecule has 152 valence electrons. The first kappa shape index (κ1) is 19.9. The molecule has 0 N–H and O–H groups in total. The summed E-state index contributed by atoms with van der Waals surface area (Å²) < 4.78 is 12.4. The van der Waals surface area contributed by atoms with Gasteiger partial charge in [0.05, 0.1) is 25.1 Å². The van der Waals surface area contributed by atoms with Crippen molar-refractivity contribution in [3.63, 3.8) is 0 Å². The number of thiophene rings is 1. The van der Waals surface area contributed by atoms with Gasteiger partial charge in [-0.05, 0) is 50.5 Å². The fourth-order valence-electron chi connectivity index (χ4n) is 4.02. The Labute approximate surface area is 172 Å². The Morgan fingerprint density at radius 2 is 2.29 bits per heavy atom. The van der Waals surface area contributed by atoms with Gasteiger partial charge in [0.25, 0.3) is 5.56 Å². The number of methoxy groups -OCH3 is 1. The summed E-state index contributed by atoms with van der Waals surface area (Å²) >= 11 is 2.93.